The van der Waals surface area contributed by atoms with Crippen LogP contribution in [0.1, 0.15) is 57.4 Å². The summed E-state index contributed by atoms with van der Waals surface area (Å²) in [6.45, 7) is 2.14. The number of hydrogen-bond donors (Lipinski definition) is 1. The number of hydrogen-bond acceptors (Lipinski definition) is 3. The number of carbonyl (C=O) groups is 2. The molecule has 4 nitrogen and oxygen atoms in total. The van der Waals surface area contributed by atoms with Gasteiger partial charge in [0.15, 0.2) is 0 Å². The fourth-order valence-corrected chi connectivity index (χ4v) is 2.63. The predicted molar refractivity (Wildman–Crippen MR) is 92.0 cm³/mol. The molecule has 0 heterocycles. The molecule has 1 amide bonds. The molecule has 0 aliphatic rings. The van der Waals surface area contributed by atoms with Gasteiger partial charge in [-0.15, -0.1) is 0 Å². The molecule has 140 valence electrons. The number of amides is 1. The predicted octanol–water partition coefficient (Wildman–Crippen LogP) is 3.92. The van der Waals surface area contributed by atoms with Gasteiger partial charge in [-0.1, -0.05) is 51.5 Å². The normalized spacial score (nSPS) is 11.8. The van der Waals surface area contributed by atoms with E-state index in [-0.39, 0.29) is 5.56 Å². The second-order valence-electron chi connectivity index (χ2n) is 6.08. The number of nitrogens with one attached hydrogen (secondary N) is 1. The summed E-state index contributed by atoms with van der Waals surface area (Å²) in [5.74, 6) is -2.71. The minimum atomic E-state index is -0.793. The van der Waals surface area contributed by atoms with Gasteiger partial charge in [0.25, 0.3) is 0 Å². The third kappa shape index (κ3) is 7.63. The molecule has 0 radical (unpaired) electrons. The van der Waals surface area contributed by atoms with E-state index in [1.807, 2.05) is 0 Å². The third-order valence-corrected chi connectivity index (χ3v) is 4.07. The molecule has 6 heteroatoms. The van der Waals surface area contributed by atoms with E-state index < -0.39 is 36.0 Å². The highest BCUT2D eigenvalue weighted by Gasteiger charge is 2.22. The number of halogens is 2. The van der Waals surface area contributed by atoms with Crippen molar-refractivity contribution in [1.29, 1.82) is 0 Å². The Balaban J connectivity index is 2.53. The van der Waals surface area contributed by atoms with Crippen LogP contribution in [0.15, 0.2) is 18.2 Å². The largest absolute Gasteiger partial charge is 0.467 e. The molecule has 0 aromatic heterocycles. The fraction of sp³-hybridized carbons (Fsp3) is 0.579. The number of rotatable bonds is 11. The van der Waals surface area contributed by atoms with E-state index in [4.69, 9.17) is 4.74 Å². The van der Waals surface area contributed by atoms with Crippen LogP contribution < -0.4 is 5.32 Å². The van der Waals surface area contributed by atoms with E-state index in [0.29, 0.717) is 6.42 Å². The summed E-state index contributed by atoms with van der Waals surface area (Å²) in [5.41, 5.74) is -0.303. The van der Waals surface area contributed by atoms with Gasteiger partial charge >= 0.3 is 5.97 Å². The topological polar surface area (TPSA) is 55.4 Å². The van der Waals surface area contributed by atoms with E-state index in [0.717, 1.165) is 44.2 Å². The highest BCUT2D eigenvalue weighted by molar-refractivity contribution is 5.85. The van der Waals surface area contributed by atoms with E-state index in [2.05, 4.69) is 12.2 Å². The Morgan fingerprint density at radius 2 is 1.68 bits per heavy atom. The van der Waals surface area contributed by atoms with Gasteiger partial charge < -0.3 is 10.1 Å². The molecule has 1 N–H and O–H groups in total. The molecular weight excluding hydrogens is 328 g/mol. The maximum absolute atomic E-state index is 13.6. The number of carbonyl (C=O) groups excluding carboxylic acids is 2. The Labute approximate surface area is 147 Å². The Morgan fingerprint density at radius 1 is 1.08 bits per heavy atom. The minimum Gasteiger partial charge on any atom is -0.467 e. The van der Waals surface area contributed by atoms with Crippen LogP contribution in [0.3, 0.4) is 0 Å². The molecule has 25 heavy (non-hydrogen) atoms. The van der Waals surface area contributed by atoms with Gasteiger partial charge in [-0.3, -0.25) is 4.79 Å². The molecular formula is C19H27F2NO3. The molecule has 0 saturated heterocycles. The standard InChI is InChI=1S/C19H27F2NO3/c1-3-4-5-6-7-8-12-17(19(24)25-2)22-18(23)13-14-15(20)10-9-11-16(14)21/h9-11,17H,3-8,12-13H2,1-2H3,(H,22,23)/t17-/m0/s1. The lowest BCUT2D eigenvalue weighted by Gasteiger charge is -2.16. The first-order chi connectivity index (χ1) is 12.0. The van der Waals surface area contributed by atoms with Crippen molar-refractivity contribution in [3.8, 4) is 0 Å². The average molecular weight is 355 g/mol. The van der Waals surface area contributed by atoms with Gasteiger partial charge in [-0.2, -0.15) is 0 Å². The summed E-state index contributed by atoms with van der Waals surface area (Å²) < 4.78 is 31.9. The first kappa shape index (κ1) is 21.1. The summed E-state index contributed by atoms with van der Waals surface area (Å²) in [6.07, 6.45) is 6.31. The number of ether oxygens (including phenoxy) is 1. The van der Waals surface area contributed by atoms with Crippen LogP contribution in [0, 0.1) is 11.6 Å². The first-order valence-corrected chi connectivity index (χ1v) is 8.79. The van der Waals surface area contributed by atoms with Crippen LogP contribution in [0.2, 0.25) is 0 Å². The molecule has 0 spiro atoms. The van der Waals surface area contributed by atoms with Gasteiger partial charge in [0.2, 0.25) is 5.91 Å². The molecule has 1 rings (SSSR count). The highest BCUT2D eigenvalue weighted by Crippen LogP contribution is 2.14. The maximum Gasteiger partial charge on any atom is 0.328 e. The van der Waals surface area contributed by atoms with Crippen LogP contribution in [-0.4, -0.2) is 25.0 Å². The SMILES string of the molecule is CCCCCCCC[C@H](NC(=O)Cc1c(F)cccc1F)C(=O)OC. The van der Waals surface area contributed by atoms with Crippen molar-refractivity contribution < 1.29 is 23.1 Å². The Hall–Kier alpha value is -1.98. The summed E-state index contributed by atoms with van der Waals surface area (Å²) in [4.78, 5) is 23.9. The lowest BCUT2D eigenvalue weighted by Crippen LogP contribution is -2.42. The van der Waals surface area contributed by atoms with Crippen molar-refractivity contribution in [3.05, 3.63) is 35.4 Å². The van der Waals surface area contributed by atoms with Gasteiger partial charge in [0, 0.05) is 5.56 Å². The Bertz CT molecular complexity index is 543. The zero-order valence-electron chi connectivity index (χ0n) is 14.9. The Kier molecular flexibility index (Phi) is 9.73. The summed E-state index contributed by atoms with van der Waals surface area (Å²) in [7, 11) is 1.25. The van der Waals surface area contributed by atoms with Crippen molar-refractivity contribution in [3.63, 3.8) is 0 Å². The van der Waals surface area contributed by atoms with Crippen LogP contribution >= 0.6 is 0 Å². The van der Waals surface area contributed by atoms with E-state index in [1.54, 1.807) is 0 Å². The van der Waals surface area contributed by atoms with Crippen LogP contribution in [-0.2, 0) is 20.7 Å². The zero-order valence-corrected chi connectivity index (χ0v) is 14.9. The summed E-state index contributed by atoms with van der Waals surface area (Å²) >= 11 is 0. The van der Waals surface area contributed by atoms with Gasteiger partial charge in [-0.05, 0) is 18.6 Å². The van der Waals surface area contributed by atoms with Gasteiger partial charge in [0.05, 0.1) is 13.5 Å². The molecule has 1 aromatic rings. The fourth-order valence-electron chi connectivity index (χ4n) is 2.63. The molecule has 0 bridgehead atoms. The lowest BCUT2D eigenvalue weighted by atomic mass is 10.0. The molecule has 0 aliphatic carbocycles. The second kappa shape index (κ2) is 11.6. The smallest absolute Gasteiger partial charge is 0.328 e. The minimum absolute atomic E-state index is 0.303. The quantitative estimate of drug-likeness (QED) is 0.484. The zero-order chi connectivity index (χ0) is 18.7. The Morgan fingerprint density at radius 3 is 2.28 bits per heavy atom. The van der Waals surface area contributed by atoms with Crippen molar-refractivity contribution in [2.24, 2.45) is 0 Å². The molecule has 1 atom stereocenters. The number of esters is 1. The van der Waals surface area contributed by atoms with Gasteiger partial charge in [-0.25, -0.2) is 13.6 Å². The number of benzene rings is 1. The van der Waals surface area contributed by atoms with Crippen molar-refractivity contribution in [2.45, 2.75) is 64.3 Å². The number of unbranched alkanes of at least 4 members (excludes halogenated alkanes) is 5. The van der Waals surface area contributed by atoms with Crippen LogP contribution in [0.25, 0.3) is 0 Å². The summed E-state index contributed by atoms with van der Waals surface area (Å²) in [6, 6.07) is 2.64. The van der Waals surface area contributed by atoms with Crippen LogP contribution in [0.4, 0.5) is 8.78 Å². The molecule has 1 aromatic carbocycles. The van der Waals surface area contributed by atoms with E-state index >= 15 is 0 Å². The molecule has 0 saturated carbocycles. The van der Waals surface area contributed by atoms with Crippen molar-refractivity contribution >= 4 is 11.9 Å². The van der Waals surface area contributed by atoms with Gasteiger partial charge in [0.1, 0.15) is 17.7 Å². The lowest BCUT2D eigenvalue weighted by molar-refractivity contribution is -0.145. The average Bonchev–Trinajstić information content (AvgIpc) is 2.59. The van der Waals surface area contributed by atoms with Crippen molar-refractivity contribution in [1.82, 2.24) is 5.32 Å². The molecule has 0 unspecified atom stereocenters. The van der Waals surface area contributed by atoms with E-state index in [9.17, 15) is 18.4 Å². The van der Waals surface area contributed by atoms with E-state index in [1.165, 1.54) is 19.6 Å². The highest BCUT2D eigenvalue weighted by atomic mass is 19.1. The summed E-state index contributed by atoms with van der Waals surface area (Å²) in [5, 5.41) is 2.53. The second-order valence-corrected chi connectivity index (χ2v) is 6.08. The van der Waals surface area contributed by atoms with Crippen molar-refractivity contribution in [2.75, 3.05) is 7.11 Å². The monoisotopic (exact) mass is 355 g/mol. The first-order valence-electron chi connectivity index (χ1n) is 8.79. The van der Waals surface area contributed by atoms with Crippen LogP contribution in [0.5, 0.6) is 0 Å². The third-order valence-electron chi connectivity index (χ3n) is 4.07. The maximum atomic E-state index is 13.6. The molecule has 0 aliphatic heterocycles. The molecule has 0 fully saturated rings. The number of methoxy groups -OCH3 is 1.